The van der Waals surface area contributed by atoms with Crippen molar-refractivity contribution in [1.29, 1.82) is 0 Å². The molecule has 2 atom stereocenters. The fourth-order valence-corrected chi connectivity index (χ4v) is 2.70. The molecule has 0 saturated heterocycles. The van der Waals surface area contributed by atoms with Crippen LogP contribution in [0.1, 0.15) is 0 Å². The molecule has 0 heterocycles. The van der Waals surface area contributed by atoms with E-state index in [1.54, 1.807) is 0 Å². The minimum Gasteiger partial charge on any atom is -0.469 e. The van der Waals surface area contributed by atoms with Gasteiger partial charge in [-0.25, -0.2) is 0 Å². The first-order valence-electron chi connectivity index (χ1n) is 3.62. The van der Waals surface area contributed by atoms with Crippen molar-refractivity contribution >= 4 is 62.7 Å². The van der Waals surface area contributed by atoms with Gasteiger partial charge in [0.05, 0.1) is 14.2 Å². The highest BCUT2D eigenvalue weighted by molar-refractivity contribution is 9.10. The average molecular weight is 342 g/mol. The molecule has 0 aliphatic heterocycles. The van der Waals surface area contributed by atoms with Gasteiger partial charge in [-0.3, -0.25) is 9.59 Å². The van der Waals surface area contributed by atoms with Crippen LogP contribution >= 0.6 is 50.7 Å². The summed E-state index contributed by atoms with van der Waals surface area (Å²) in [5, 5.41) is 0. The highest BCUT2D eigenvalue weighted by atomic mass is 79.9. The van der Waals surface area contributed by atoms with E-state index in [4.69, 9.17) is 34.8 Å². The molecule has 0 bridgehead atoms. The second-order valence-corrected chi connectivity index (χ2v) is 5.82. The SMILES string of the molecule is COC(=O)[C@@H](Br)[C@@H](C(=O)OC)C(Cl)(Cl)Cl. The van der Waals surface area contributed by atoms with E-state index < -0.39 is 26.5 Å². The van der Waals surface area contributed by atoms with Gasteiger partial charge in [-0.1, -0.05) is 50.7 Å². The van der Waals surface area contributed by atoms with Crippen LogP contribution in [0.15, 0.2) is 0 Å². The van der Waals surface area contributed by atoms with Gasteiger partial charge in [0, 0.05) is 0 Å². The highest BCUT2D eigenvalue weighted by Crippen LogP contribution is 2.40. The van der Waals surface area contributed by atoms with Gasteiger partial charge in [-0.2, -0.15) is 0 Å². The van der Waals surface area contributed by atoms with Crippen molar-refractivity contribution < 1.29 is 19.1 Å². The van der Waals surface area contributed by atoms with Crippen LogP contribution in [0.25, 0.3) is 0 Å². The lowest BCUT2D eigenvalue weighted by molar-refractivity contribution is -0.150. The summed E-state index contributed by atoms with van der Waals surface area (Å²) in [5.41, 5.74) is 0. The zero-order chi connectivity index (χ0) is 12.2. The Kier molecular flexibility index (Phi) is 6.25. The monoisotopic (exact) mass is 340 g/mol. The second kappa shape index (κ2) is 6.13. The highest BCUT2D eigenvalue weighted by Gasteiger charge is 2.47. The molecule has 0 rings (SSSR count). The molecule has 0 aromatic carbocycles. The van der Waals surface area contributed by atoms with Gasteiger partial charge >= 0.3 is 11.9 Å². The summed E-state index contributed by atoms with van der Waals surface area (Å²) in [5.74, 6) is -2.82. The number of esters is 2. The third kappa shape index (κ3) is 4.34. The lowest BCUT2D eigenvalue weighted by atomic mass is 10.1. The number of rotatable bonds is 3. The molecule has 0 N–H and O–H groups in total. The molecular weight excluding hydrogens is 334 g/mol. The summed E-state index contributed by atoms with van der Waals surface area (Å²) in [6.45, 7) is 0. The maximum absolute atomic E-state index is 11.3. The number of hydrogen-bond donors (Lipinski definition) is 0. The van der Waals surface area contributed by atoms with E-state index in [2.05, 4.69) is 25.4 Å². The average Bonchev–Trinajstić information content (AvgIpc) is 2.14. The molecule has 0 aromatic rings. The third-order valence-corrected chi connectivity index (χ3v) is 3.13. The van der Waals surface area contributed by atoms with Gasteiger partial charge < -0.3 is 9.47 Å². The third-order valence-electron chi connectivity index (χ3n) is 1.53. The first-order chi connectivity index (χ1) is 6.75. The first-order valence-corrected chi connectivity index (χ1v) is 5.67. The van der Waals surface area contributed by atoms with Crippen molar-refractivity contribution in [2.75, 3.05) is 14.2 Å². The molecule has 0 aliphatic carbocycles. The summed E-state index contributed by atoms with van der Waals surface area (Å²) in [7, 11) is 2.28. The Labute approximate surface area is 110 Å². The Bertz CT molecular complexity index is 253. The second-order valence-electron chi connectivity index (χ2n) is 2.47. The molecular formula is C7H8BrCl3O4. The van der Waals surface area contributed by atoms with Crippen molar-refractivity contribution in [2.24, 2.45) is 5.92 Å². The molecule has 0 aliphatic rings. The number of halogens is 4. The zero-order valence-electron chi connectivity index (χ0n) is 7.80. The number of methoxy groups -OCH3 is 2. The smallest absolute Gasteiger partial charge is 0.320 e. The minimum atomic E-state index is -1.96. The molecule has 15 heavy (non-hydrogen) atoms. The van der Waals surface area contributed by atoms with Crippen LogP contribution in [0.3, 0.4) is 0 Å². The van der Waals surface area contributed by atoms with Gasteiger partial charge in [-0.15, -0.1) is 0 Å². The predicted molar refractivity (Wildman–Crippen MR) is 60.5 cm³/mol. The Morgan fingerprint density at radius 1 is 1.13 bits per heavy atom. The fourth-order valence-electron chi connectivity index (χ4n) is 0.795. The maximum atomic E-state index is 11.3. The Morgan fingerprint density at radius 2 is 1.53 bits per heavy atom. The Balaban J connectivity index is 4.95. The van der Waals surface area contributed by atoms with E-state index >= 15 is 0 Å². The van der Waals surface area contributed by atoms with Crippen molar-refractivity contribution in [3.05, 3.63) is 0 Å². The number of ether oxygens (including phenoxy) is 2. The van der Waals surface area contributed by atoms with Crippen LogP contribution in [0.4, 0.5) is 0 Å². The summed E-state index contributed by atoms with van der Waals surface area (Å²) >= 11 is 19.6. The summed E-state index contributed by atoms with van der Waals surface area (Å²) in [6, 6.07) is 0. The molecule has 0 saturated carbocycles. The van der Waals surface area contributed by atoms with E-state index in [0.29, 0.717) is 0 Å². The molecule has 0 radical (unpaired) electrons. The fraction of sp³-hybridized carbons (Fsp3) is 0.714. The molecule has 0 aromatic heterocycles. The predicted octanol–water partition coefficient (Wildman–Crippen LogP) is 2.08. The van der Waals surface area contributed by atoms with Crippen molar-refractivity contribution in [3.8, 4) is 0 Å². The molecule has 88 valence electrons. The molecule has 0 spiro atoms. The normalized spacial score (nSPS) is 15.3. The largest absolute Gasteiger partial charge is 0.469 e. The number of carbonyl (C=O) groups is 2. The maximum Gasteiger partial charge on any atom is 0.320 e. The van der Waals surface area contributed by atoms with E-state index in [9.17, 15) is 9.59 Å². The topological polar surface area (TPSA) is 52.6 Å². The summed E-state index contributed by atoms with van der Waals surface area (Å²) in [6.07, 6.45) is 0. The van der Waals surface area contributed by atoms with Gasteiger partial charge in [0.25, 0.3) is 0 Å². The van der Waals surface area contributed by atoms with Crippen LogP contribution in [0, 0.1) is 5.92 Å². The van der Waals surface area contributed by atoms with Gasteiger partial charge in [-0.05, 0) is 0 Å². The molecule has 0 amide bonds. The van der Waals surface area contributed by atoms with Crippen molar-refractivity contribution in [2.45, 2.75) is 8.62 Å². The number of hydrogen-bond acceptors (Lipinski definition) is 4. The zero-order valence-corrected chi connectivity index (χ0v) is 11.7. The number of alkyl halides is 4. The molecule has 0 unspecified atom stereocenters. The molecule has 0 fully saturated rings. The van der Waals surface area contributed by atoms with Gasteiger partial charge in [0.1, 0.15) is 10.7 Å². The van der Waals surface area contributed by atoms with E-state index in [0.717, 1.165) is 14.2 Å². The van der Waals surface area contributed by atoms with Gasteiger partial charge in [0.15, 0.2) is 0 Å². The molecule has 4 nitrogen and oxygen atoms in total. The van der Waals surface area contributed by atoms with E-state index in [1.807, 2.05) is 0 Å². The Morgan fingerprint density at radius 3 is 1.80 bits per heavy atom. The lowest BCUT2D eigenvalue weighted by Crippen LogP contribution is -2.40. The van der Waals surface area contributed by atoms with Crippen LogP contribution in [0.5, 0.6) is 0 Å². The van der Waals surface area contributed by atoms with Crippen LogP contribution in [-0.2, 0) is 19.1 Å². The summed E-state index contributed by atoms with van der Waals surface area (Å²) in [4.78, 5) is 21.4. The Hall–Kier alpha value is 0.290. The van der Waals surface area contributed by atoms with Crippen molar-refractivity contribution in [3.63, 3.8) is 0 Å². The van der Waals surface area contributed by atoms with Crippen molar-refractivity contribution in [1.82, 2.24) is 0 Å². The standard InChI is InChI=1S/C7H8BrCl3O4/c1-14-5(12)3(7(9,10)11)4(8)6(13)15-2/h3-4H,1-2H3/t3-,4-/m0/s1. The van der Waals surface area contributed by atoms with E-state index in [-0.39, 0.29) is 0 Å². The number of carbonyl (C=O) groups excluding carboxylic acids is 2. The quantitative estimate of drug-likeness (QED) is 0.582. The lowest BCUT2D eigenvalue weighted by Gasteiger charge is -2.24. The van der Waals surface area contributed by atoms with Crippen LogP contribution in [0.2, 0.25) is 0 Å². The molecule has 8 heteroatoms. The first kappa shape index (κ1) is 15.3. The summed E-state index contributed by atoms with van der Waals surface area (Å²) < 4.78 is 6.88. The van der Waals surface area contributed by atoms with Crippen LogP contribution in [-0.4, -0.2) is 34.8 Å². The van der Waals surface area contributed by atoms with Crippen LogP contribution < -0.4 is 0 Å². The van der Waals surface area contributed by atoms with E-state index in [1.165, 1.54) is 0 Å². The minimum absolute atomic E-state index is 0.725. The van der Waals surface area contributed by atoms with Gasteiger partial charge in [0.2, 0.25) is 3.79 Å².